The molecule has 1 saturated carbocycles. The number of carbonyl (C=O) groups is 1. The molecule has 1 amide bonds. The number of amides is 1. The Balaban J connectivity index is 1.57. The standard InChI is InChI=1S/C20H24F3N3O2/c1-19(2)10-3-4-15(19)12-24-17(27)13-5-7-14(8-6-13)18-25-16(26-28-18)9-11-20(21,22)23/h5-8,15H,3-4,9-12H2,1-2H3,(H,24,27)/t15-/m0/s1. The number of hydrogen-bond donors (Lipinski definition) is 1. The summed E-state index contributed by atoms with van der Waals surface area (Å²) >= 11 is 0. The average Bonchev–Trinajstić information content (AvgIpc) is 3.23. The summed E-state index contributed by atoms with van der Waals surface area (Å²) in [4.78, 5) is 16.4. The Bertz CT molecular complexity index is 813. The largest absolute Gasteiger partial charge is 0.389 e. The molecular formula is C20H24F3N3O2. The van der Waals surface area contributed by atoms with Gasteiger partial charge in [0.25, 0.3) is 11.8 Å². The van der Waals surface area contributed by atoms with Crippen molar-refractivity contribution in [1.82, 2.24) is 15.5 Å². The summed E-state index contributed by atoms with van der Waals surface area (Å²) in [7, 11) is 0. The zero-order valence-electron chi connectivity index (χ0n) is 16.0. The van der Waals surface area contributed by atoms with E-state index < -0.39 is 12.6 Å². The molecule has 1 aliphatic carbocycles. The number of carbonyl (C=O) groups excluding carboxylic acids is 1. The fourth-order valence-electron chi connectivity index (χ4n) is 3.59. The Morgan fingerprint density at radius 1 is 1.29 bits per heavy atom. The Morgan fingerprint density at radius 3 is 2.61 bits per heavy atom. The van der Waals surface area contributed by atoms with E-state index in [1.54, 1.807) is 24.3 Å². The van der Waals surface area contributed by atoms with Gasteiger partial charge in [0.1, 0.15) is 0 Å². The van der Waals surface area contributed by atoms with Crippen molar-refractivity contribution < 1.29 is 22.5 Å². The first-order chi connectivity index (χ1) is 13.1. The van der Waals surface area contributed by atoms with Crippen LogP contribution in [-0.4, -0.2) is 28.8 Å². The van der Waals surface area contributed by atoms with Crippen molar-refractivity contribution >= 4 is 5.91 Å². The number of benzene rings is 1. The van der Waals surface area contributed by atoms with Crippen LogP contribution in [0.3, 0.4) is 0 Å². The molecule has 0 bridgehead atoms. The van der Waals surface area contributed by atoms with Crippen LogP contribution in [0.5, 0.6) is 0 Å². The van der Waals surface area contributed by atoms with Gasteiger partial charge in [0.05, 0.1) is 6.42 Å². The fraction of sp³-hybridized carbons (Fsp3) is 0.550. The van der Waals surface area contributed by atoms with E-state index in [0.717, 1.165) is 6.42 Å². The molecule has 1 aromatic carbocycles. The molecule has 152 valence electrons. The van der Waals surface area contributed by atoms with Crippen molar-refractivity contribution in [3.63, 3.8) is 0 Å². The molecule has 28 heavy (non-hydrogen) atoms. The monoisotopic (exact) mass is 395 g/mol. The number of aromatic nitrogens is 2. The first kappa shape index (κ1) is 20.4. The minimum absolute atomic E-state index is 0.00771. The molecule has 0 unspecified atom stereocenters. The maximum atomic E-state index is 12.4. The maximum absolute atomic E-state index is 12.4. The SMILES string of the molecule is CC1(C)CCC[C@H]1CNC(=O)c1ccc(-c2nc(CCC(F)(F)F)no2)cc1. The second kappa shape index (κ2) is 7.93. The Kier molecular flexibility index (Phi) is 5.76. The first-order valence-corrected chi connectivity index (χ1v) is 9.42. The van der Waals surface area contributed by atoms with E-state index in [-0.39, 0.29) is 29.5 Å². The van der Waals surface area contributed by atoms with Crippen LogP contribution in [-0.2, 0) is 6.42 Å². The van der Waals surface area contributed by atoms with E-state index >= 15 is 0 Å². The molecule has 3 rings (SSSR count). The van der Waals surface area contributed by atoms with Gasteiger partial charge in [-0.15, -0.1) is 0 Å². The smallest absolute Gasteiger partial charge is 0.352 e. The third-order valence-electron chi connectivity index (χ3n) is 5.48. The maximum Gasteiger partial charge on any atom is 0.389 e. The second-order valence-corrected chi connectivity index (χ2v) is 8.00. The van der Waals surface area contributed by atoms with Gasteiger partial charge in [-0.05, 0) is 48.4 Å². The van der Waals surface area contributed by atoms with Crippen LogP contribution >= 0.6 is 0 Å². The summed E-state index contributed by atoms with van der Waals surface area (Å²) in [5, 5.41) is 6.57. The second-order valence-electron chi connectivity index (χ2n) is 8.00. The van der Waals surface area contributed by atoms with Crippen LogP contribution in [0, 0.1) is 11.3 Å². The van der Waals surface area contributed by atoms with Crippen molar-refractivity contribution in [2.24, 2.45) is 11.3 Å². The zero-order chi connectivity index (χ0) is 20.4. The molecule has 1 aromatic heterocycles. The topological polar surface area (TPSA) is 68.0 Å². The Morgan fingerprint density at radius 2 is 2.00 bits per heavy atom. The summed E-state index contributed by atoms with van der Waals surface area (Å²) in [5.74, 6) is 0.472. The highest BCUT2D eigenvalue weighted by molar-refractivity contribution is 5.94. The van der Waals surface area contributed by atoms with E-state index in [1.807, 2.05) is 0 Å². The normalized spacial score (nSPS) is 19.0. The van der Waals surface area contributed by atoms with Gasteiger partial charge in [-0.25, -0.2) is 0 Å². The van der Waals surface area contributed by atoms with Crippen LogP contribution in [0.4, 0.5) is 13.2 Å². The van der Waals surface area contributed by atoms with Gasteiger partial charge >= 0.3 is 6.18 Å². The molecule has 0 aliphatic heterocycles. The lowest BCUT2D eigenvalue weighted by Crippen LogP contribution is -2.33. The van der Waals surface area contributed by atoms with Crippen LogP contribution in [0.25, 0.3) is 11.5 Å². The molecule has 1 aliphatic rings. The number of hydrogen-bond acceptors (Lipinski definition) is 4. The van der Waals surface area contributed by atoms with E-state index in [4.69, 9.17) is 4.52 Å². The quantitative estimate of drug-likeness (QED) is 0.764. The number of nitrogens with one attached hydrogen (secondary N) is 1. The number of nitrogens with zero attached hydrogens (tertiary/aromatic N) is 2. The molecule has 0 radical (unpaired) electrons. The highest BCUT2D eigenvalue weighted by Gasteiger charge is 2.34. The lowest BCUT2D eigenvalue weighted by atomic mass is 9.82. The number of aryl methyl sites for hydroxylation is 1. The predicted octanol–water partition coefficient (Wildman–Crippen LogP) is 4.79. The third kappa shape index (κ3) is 5.11. The van der Waals surface area contributed by atoms with Gasteiger partial charge in [0.15, 0.2) is 5.82 Å². The van der Waals surface area contributed by atoms with Gasteiger partial charge in [-0.3, -0.25) is 4.79 Å². The molecule has 1 N–H and O–H groups in total. The lowest BCUT2D eigenvalue weighted by Gasteiger charge is -2.27. The molecule has 1 heterocycles. The summed E-state index contributed by atoms with van der Waals surface area (Å²) in [6, 6.07) is 6.58. The molecule has 1 atom stereocenters. The van der Waals surface area contributed by atoms with Gasteiger partial charge in [0, 0.05) is 24.1 Å². The number of halogens is 3. The van der Waals surface area contributed by atoms with E-state index in [9.17, 15) is 18.0 Å². The lowest BCUT2D eigenvalue weighted by molar-refractivity contribution is -0.134. The van der Waals surface area contributed by atoms with Gasteiger partial charge < -0.3 is 9.84 Å². The molecule has 8 heteroatoms. The number of alkyl halides is 3. The van der Waals surface area contributed by atoms with E-state index in [0.29, 0.717) is 23.6 Å². The molecule has 2 aromatic rings. The van der Waals surface area contributed by atoms with Gasteiger partial charge in [0.2, 0.25) is 0 Å². The van der Waals surface area contributed by atoms with E-state index in [1.165, 1.54) is 12.8 Å². The third-order valence-corrected chi connectivity index (χ3v) is 5.48. The summed E-state index contributed by atoms with van der Waals surface area (Å²) < 4.78 is 41.8. The Labute approximate surface area is 161 Å². The molecule has 5 nitrogen and oxygen atoms in total. The van der Waals surface area contributed by atoms with E-state index in [2.05, 4.69) is 29.3 Å². The van der Waals surface area contributed by atoms with Gasteiger partial charge in [-0.2, -0.15) is 18.2 Å². The summed E-state index contributed by atoms with van der Waals surface area (Å²) in [6.07, 6.45) is -2.09. The minimum atomic E-state index is -4.26. The van der Waals surface area contributed by atoms with Crippen molar-refractivity contribution in [2.45, 2.75) is 52.1 Å². The van der Waals surface area contributed by atoms with Crippen LogP contribution in [0.15, 0.2) is 28.8 Å². The summed E-state index contributed by atoms with van der Waals surface area (Å²) in [6.45, 7) is 5.12. The molecular weight excluding hydrogens is 371 g/mol. The van der Waals surface area contributed by atoms with Crippen molar-refractivity contribution in [3.8, 4) is 11.5 Å². The highest BCUT2D eigenvalue weighted by Crippen LogP contribution is 2.42. The Hall–Kier alpha value is -2.38. The summed E-state index contributed by atoms with van der Waals surface area (Å²) in [5.41, 5.74) is 1.31. The highest BCUT2D eigenvalue weighted by atomic mass is 19.4. The molecule has 0 saturated heterocycles. The van der Waals surface area contributed by atoms with Crippen molar-refractivity contribution in [2.75, 3.05) is 6.54 Å². The van der Waals surface area contributed by atoms with Crippen LogP contribution in [0.2, 0.25) is 0 Å². The van der Waals surface area contributed by atoms with Crippen molar-refractivity contribution in [3.05, 3.63) is 35.7 Å². The average molecular weight is 395 g/mol. The van der Waals surface area contributed by atoms with Crippen LogP contribution in [0.1, 0.15) is 55.7 Å². The van der Waals surface area contributed by atoms with Crippen LogP contribution < -0.4 is 5.32 Å². The minimum Gasteiger partial charge on any atom is -0.352 e. The predicted molar refractivity (Wildman–Crippen MR) is 97.6 cm³/mol. The molecule has 1 fully saturated rings. The van der Waals surface area contributed by atoms with Gasteiger partial charge in [-0.1, -0.05) is 25.4 Å². The van der Waals surface area contributed by atoms with Crippen molar-refractivity contribution in [1.29, 1.82) is 0 Å². The first-order valence-electron chi connectivity index (χ1n) is 9.42. The zero-order valence-corrected chi connectivity index (χ0v) is 16.0. The number of rotatable bonds is 6. The fourth-order valence-corrected chi connectivity index (χ4v) is 3.59. The molecule has 0 spiro atoms.